The molecule has 0 radical (unpaired) electrons. The molecule has 3 heterocycles. The van der Waals surface area contributed by atoms with E-state index in [0.717, 1.165) is 31.4 Å². The van der Waals surface area contributed by atoms with Crippen molar-refractivity contribution >= 4 is 5.91 Å². The Labute approximate surface area is 134 Å². The summed E-state index contributed by atoms with van der Waals surface area (Å²) in [7, 11) is 1.68. The molecule has 2 aromatic rings. The van der Waals surface area contributed by atoms with Gasteiger partial charge in [0.15, 0.2) is 5.69 Å². The summed E-state index contributed by atoms with van der Waals surface area (Å²) in [5.74, 6) is 1.41. The maximum Gasteiger partial charge on any atom is 0.276 e. The van der Waals surface area contributed by atoms with Crippen molar-refractivity contribution in [3.8, 4) is 5.75 Å². The van der Waals surface area contributed by atoms with Crippen LogP contribution in [0.5, 0.6) is 5.75 Å². The molecule has 1 aromatic heterocycles. The quantitative estimate of drug-likeness (QED) is 0.944. The molecular formula is C17H20N4O2. The fraction of sp³-hybridized carbons (Fsp3) is 0.471. The van der Waals surface area contributed by atoms with E-state index in [0.29, 0.717) is 23.7 Å². The zero-order valence-corrected chi connectivity index (χ0v) is 13.1. The lowest BCUT2D eigenvalue weighted by Crippen LogP contribution is -2.46. The predicted octanol–water partition coefficient (Wildman–Crippen LogP) is 2.36. The van der Waals surface area contributed by atoms with Gasteiger partial charge in [-0.1, -0.05) is 12.1 Å². The van der Waals surface area contributed by atoms with Crippen LogP contribution in [0.4, 0.5) is 0 Å². The van der Waals surface area contributed by atoms with E-state index in [1.807, 2.05) is 17.0 Å². The molecule has 1 aromatic carbocycles. The predicted molar refractivity (Wildman–Crippen MR) is 84.3 cm³/mol. The van der Waals surface area contributed by atoms with Crippen molar-refractivity contribution in [1.29, 1.82) is 0 Å². The highest BCUT2D eigenvalue weighted by molar-refractivity contribution is 5.92. The molecule has 2 fully saturated rings. The van der Waals surface area contributed by atoms with E-state index >= 15 is 0 Å². The molecule has 2 saturated heterocycles. The minimum atomic E-state index is 0.0134. The molecule has 2 aliphatic heterocycles. The first-order valence-corrected chi connectivity index (χ1v) is 8.08. The average Bonchev–Trinajstić information content (AvgIpc) is 3.21. The summed E-state index contributed by atoms with van der Waals surface area (Å²) in [5.41, 5.74) is 1.76. The first-order valence-electron chi connectivity index (χ1n) is 8.08. The van der Waals surface area contributed by atoms with Gasteiger partial charge < -0.3 is 9.64 Å². The van der Waals surface area contributed by atoms with Crippen molar-refractivity contribution in [3.63, 3.8) is 0 Å². The van der Waals surface area contributed by atoms with Gasteiger partial charge in [-0.2, -0.15) is 15.4 Å². The number of piperidine rings is 1. The Morgan fingerprint density at radius 2 is 1.91 bits per heavy atom. The van der Waals surface area contributed by atoms with E-state index in [9.17, 15) is 4.79 Å². The molecule has 120 valence electrons. The highest BCUT2D eigenvalue weighted by Crippen LogP contribution is 2.43. The Morgan fingerprint density at radius 1 is 1.22 bits per heavy atom. The Morgan fingerprint density at radius 3 is 2.48 bits per heavy atom. The van der Waals surface area contributed by atoms with E-state index in [4.69, 9.17) is 4.74 Å². The van der Waals surface area contributed by atoms with Crippen LogP contribution < -0.4 is 4.74 Å². The summed E-state index contributed by atoms with van der Waals surface area (Å²) in [6, 6.07) is 8.96. The van der Waals surface area contributed by atoms with Crippen LogP contribution >= 0.6 is 0 Å². The molecule has 6 nitrogen and oxygen atoms in total. The zero-order chi connectivity index (χ0) is 15.8. The van der Waals surface area contributed by atoms with Crippen LogP contribution in [0.2, 0.25) is 0 Å². The molecule has 0 saturated carbocycles. The van der Waals surface area contributed by atoms with Gasteiger partial charge in [0.25, 0.3) is 5.91 Å². The minimum absolute atomic E-state index is 0.0134. The van der Waals surface area contributed by atoms with Crippen LogP contribution in [0, 0.1) is 0 Å². The van der Waals surface area contributed by atoms with Gasteiger partial charge in [0.05, 0.1) is 13.3 Å². The van der Waals surface area contributed by atoms with Crippen molar-refractivity contribution < 1.29 is 9.53 Å². The molecule has 2 bridgehead atoms. The number of hydrogen-bond acceptors (Lipinski definition) is 4. The van der Waals surface area contributed by atoms with Crippen molar-refractivity contribution in [2.24, 2.45) is 0 Å². The number of methoxy groups -OCH3 is 1. The lowest BCUT2D eigenvalue weighted by atomic mass is 9.85. The molecule has 1 unspecified atom stereocenters. The van der Waals surface area contributed by atoms with Crippen molar-refractivity contribution in [3.05, 3.63) is 41.7 Å². The molecule has 6 heteroatoms. The van der Waals surface area contributed by atoms with Gasteiger partial charge in [-0.25, -0.2) is 0 Å². The highest BCUT2D eigenvalue weighted by atomic mass is 16.5. The molecule has 23 heavy (non-hydrogen) atoms. The van der Waals surface area contributed by atoms with E-state index in [-0.39, 0.29) is 5.91 Å². The van der Waals surface area contributed by atoms with E-state index in [2.05, 4.69) is 27.5 Å². The second-order valence-corrected chi connectivity index (χ2v) is 6.39. The van der Waals surface area contributed by atoms with E-state index in [1.165, 1.54) is 11.8 Å². The monoisotopic (exact) mass is 312 g/mol. The Kier molecular flexibility index (Phi) is 3.52. The number of nitrogens with zero attached hydrogens (tertiary/aromatic N) is 3. The molecule has 4 rings (SSSR count). The second-order valence-electron chi connectivity index (χ2n) is 6.39. The lowest BCUT2D eigenvalue weighted by Gasteiger charge is -2.38. The van der Waals surface area contributed by atoms with Gasteiger partial charge in [0.2, 0.25) is 0 Å². The largest absolute Gasteiger partial charge is 0.497 e. The number of ether oxygens (including phenoxy) is 1. The van der Waals surface area contributed by atoms with Crippen LogP contribution in [-0.2, 0) is 0 Å². The summed E-state index contributed by atoms with van der Waals surface area (Å²) in [6.45, 7) is 0. The maximum atomic E-state index is 12.6. The number of H-pyrrole nitrogens is 1. The summed E-state index contributed by atoms with van der Waals surface area (Å²) < 4.78 is 5.23. The van der Waals surface area contributed by atoms with Gasteiger partial charge in [0.1, 0.15) is 5.75 Å². The fourth-order valence-corrected chi connectivity index (χ4v) is 4.09. The van der Waals surface area contributed by atoms with Crippen molar-refractivity contribution in [2.45, 2.75) is 43.7 Å². The zero-order valence-electron chi connectivity index (χ0n) is 13.1. The number of fused-ring (bicyclic) bond motifs is 2. The van der Waals surface area contributed by atoms with Crippen molar-refractivity contribution in [1.82, 2.24) is 20.3 Å². The Balaban J connectivity index is 1.52. The summed E-state index contributed by atoms with van der Waals surface area (Å²) in [4.78, 5) is 14.7. The topological polar surface area (TPSA) is 71.1 Å². The number of rotatable bonds is 3. The number of aromatic amines is 1. The number of carbonyl (C=O) groups is 1. The van der Waals surface area contributed by atoms with E-state index < -0.39 is 0 Å². The molecule has 0 spiro atoms. The van der Waals surface area contributed by atoms with Crippen LogP contribution in [0.1, 0.15) is 47.7 Å². The van der Waals surface area contributed by atoms with Gasteiger partial charge in [-0.15, -0.1) is 0 Å². The first-order chi connectivity index (χ1) is 11.3. The van der Waals surface area contributed by atoms with Gasteiger partial charge in [-0.05, 0) is 49.3 Å². The first kappa shape index (κ1) is 14.2. The third-order valence-electron chi connectivity index (χ3n) is 5.19. The standard InChI is InChI=1S/C17H20N4O2/c1-23-15-6-2-11(3-7-15)12-8-13-4-5-14(9-12)21(13)17(22)16-10-18-20-19-16/h2-3,6-7,10,12-14H,4-5,8-9H2,1H3,(H,18,19,20)/t12?,13-,14+. The third kappa shape index (κ3) is 2.48. The SMILES string of the molecule is COc1ccc(C2C[C@H]3CC[C@@H](C2)N3C(=O)c2cn[nH]n2)cc1. The second kappa shape index (κ2) is 5.68. The number of nitrogens with one attached hydrogen (secondary N) is 1. The summed E-state index contributed by atoms with van der Waals surface area (Å²) in [5, 5.41) is 10.2. The molecule has 2 aliphatic rings. The fourth-order valence-electron chi connectivity index (χ4n) is 4.09. The lowest BCUT2D eigenvalue weighted by molar-refractivity contribution is 0.0565. The molecule has 3 atom stereocenters. The molecular weight excluding hydrogens is 292 g/mol. The molecule has 1 amide bonds. The van der Waals surface area contributed by atoms with E-state index in [1.54, 1.807) is 7.11 Å². The highest BCUT2D eigenvalue weighted by Gasteiger charge is 2.44. The van der Waals surface area contributed by atoms with Crippen LogP contribution in [0.15, 0.2) is 30.5 Å². The minimum Gasteiger partial charge on any atom is -0.497 e. The number of hydrogen-bond donors (Lipinski definition) is 1. The Bertz CT molecular complexity index is 669. The van der Waals surface area contributed by atoms with Crippen LogP contribution in [0.3, 0.4) is 0 Å². The summed E-state index contributed by atoms with van der Waals surface area (Å²) in [6.07, 6.45) is 5.72. The average molecular weight is 312 g/mol. The number of carbonyl (C=O) groups excluding carboxylic acids is 1. The Hall–Kier alpha value is -2.37. The van der Waals surface area contributed by atoms with Gasteiger partial charge >= 0.3 is 0 Å². The smallest absolute Gasteiger partial charge is 0.276 e. The maximum absolute atomic E-state index is 12.6. The number of amides is 1. The number of aromatic nitrogens is 3. The normalized spacial score (nSPS) is 26.3. The van der Waals surface area contributed by atoms with Crippen LogP contribution in [0.25, 0.3) is 0 Å². The molecule has 0 aliphatic carbocycles. The summed E-state index contributed by atoms with van der Waals surface area (Å²) >= 11 is 0. The third-order valence-corrected chi connectivity index (χ3v) is 5.19. The molecule has 1 N–H and O–H groups in total. The number of benzene rings is 1. The van der Waals surface area contributed by atoms with Crippen molar-refractivity contribution in [2.75, 3.05) is 7.11 Å². The van der Waals surface area contributed by atoms with Crippen LogP contribution in [-0.4, -0.2) is 45.4 Å². The van der Waals surface area contributed by atoms with Gasteiger partial charge in [-0.3, -0.25) is 4.79 Å². The van der Waals surface area contributed by atoms with Gasteiger partial charge in [0, 0.05) is 12.1 Å².